The summed E-state index contributed by atoms with van der Waals surface area (Å²) in [5, 5.41) is 10.1. The third kappa shape index (κ3) is 3.69. The molecule has 0 bridgehead atoms. The summed E-state index contributed by atoms with van der Waals surface area (Å²) in [6, 6.07) is 14.3. The number of benzene rings is 2. The number of hydrogen-bond acceptors (Lipinski definition) is 5. The monoisotopic (exact) mass is 431 g/mol. The van der Waals surface area contributed by atoms with Gasteiger partial charge in [0.05, 0.1) is 11.5 Å². The zero-order valence-corrected chi connectivity index (χ0v) is 18.1. The van der Waals surface area contributed by atoms with E-state index in [1.807, 2.05) is 19.1 Å². The fourth-order valence-electron chi connectivity index (χ4n) is 5.05. The number of aliphatic hydroxyl groups is 1. The Morgan fingerprint density at radius 3 is 2.69 bits per heavy atom. The Bertz CT molecular complexity index is 1160. The maximum atomic E-state index is 13.4. The summed E-state index contributed by atoms with van der Waals surface area (Å²) in [4.78, 5) is 24.4. The van der Waals surface area contributed by atoms with Crippen LogP contribution in [0.5, 0.6) is 0 Å². The van der Waals surface area contributed by atoms with Gasteiger partial charge in [0.25, 0.3) is 0 Å². The lowest BCUT2D eigenvalue weighted by Gasteiger charge is -2.45. The topological polar surface area (TPSA) is 66.3 Å². The maximum absolute atomic E-state index is 13.4. The van der Waals surface area contributed by atoms with Crippen molar-refractivity contribution in [3.8, 4) is 0 Å². The third-order valence-corrected chi connectivity index (χ3v) is 6.77. The van der Waals surface area contributed by atoms with E-state index < -0.39 is 11.5 Å². The van der Waals surface area contributed by atoms with Crippen molar-refractivity contribution in [2.24, 2.45) is 0 Å². The smallest absolute Gasteiger partial charge is 0.147 e. The quantitative estimate of drug-likeness (QED) is 0.656. The molecule has 164 valence electrons. The van der Waals surface area contributed by atoms with Gasteiger partial charge in [-0.05, 0) is 73.6 Å². The fourth-order valence-corrected chi connectivity index (χ4v) is 5.05. The molecule has 2 heterocycles. The SMILES string of the molecule is Cc1nccc(N2CCCc3cc(C4(C(=O)Cc5ccc(F)cc5)CC(O)C4)ccc32)n1. The van der Waals surface area contributed by atoms with Crippen LogP contribution >= 0.6 is 0 Å². The minimum absolute atomic E-state index is 0.0773. The highest BCUT2D eigenvalue weighted by molar-refractivity contribution is 5.93. The first-order chi connectivity index (χ1) is 15.4. The number of nitrogens with zero attached hydrogens (tertiary/aromatic N) is 3. The van der Waals surface area contributed by atoms with E-state index >= 15 is 0 Å². The molecule has 1 fully saturated rings. The molecule has 32 heavy (non-hydrogen) atoms. The second-order valence-corrected chi connectivity index (χ2v) is 8.93. The number of anilines is 2. The van der Waals surface area contributed by atoms with Gasteiger partial charge < -0.3 is 10.0 Å². The van der Waals surface area contributed by atoms with Crippen LogP contribution in [-0.4, -0.2) is 33.5 Å². The Balaban J connectivity index is 1.46. The Hall–Kier alpha value is -3.12. The van der Waals surface area contributed by atoms with Crippen LogP contribution in [0.15, 0.2) is 54.7 Å². The van der Waals surface area contributed by atoms with E-state index in [-0.39, 0.29) is 18.0 Å². The number of carbonyl (C=O) groups excluding carboxylic acids is 1. The zero-order chi connectivity index (χ0) is 22.3. The first-order valence-corrected chi connectivity index (χ1v) is 11.1. The molecule has 5 nitrogen and oxygen atoms in total. The van der Waals surface area contributed by atoms with Crippen molar-refractivity contribution in [2.45, 2.75) is 50.5 Å². The van der Waals surface area contributed by atoms with Crippen molar-refractivity contribution < 1.29 is 14.3 Å². The molecular formula is C26H26FN3O2. The second-order valence-electron chi connectivity index (χ2n) is 8.93. The number of Topliss-reactive ketones (excluding diaryl/α,β-unsaturated/α-hetero) is 1. The number of hydrogen-bond donors (Lipinski definition) is 1. The summed E-state index contributed by atoms with van der Waals surface area (Å²) in [7, 11) is 0. The van der Waals surface area contributed by atoms with Crippen molar-refractivity contribution in [2.75, 3.05) is 11.4 Å². The zero-order valence-electron chi connectivity index (χ0n) is 18.1. The average Bonchev–Trinajstić information content (AvgIpc) is 2.77. The van der Waals surface area contributed by atoms with E-state index in [2.05, 4.69) is 27.0 Å². The second kappa shape index (κ2) is 8.10. The molecule has 2 aromatic carbocycles. The molecule has 0 radical (unpaired) electrons. The summed E-state index contributed by atoms with van der Waals surface area (Å²) in [6.07, 6.45) is 4.34. The van der Waals surface area contributed by atoms with Crippen LogP contribution in [0.25, 0.3) is 0 Å². The van der Waals surface area contributed by atoms with Gasteiger partial charge >= 0.3 is 0 Å². The number of ketones is 1. The van der Waals surface area contributed by atoms with Gasteiger partial charge in [-0.1, -0.05) is 24.3 Å². The van der Waals surface area contributed by atoms with Gasteiger partial charge in [-0.15, -0.1) is 0 Å². The summed E-state index contributed by atoms with van der Waals surface area (Å²) >= 11 is 0. The molecule has 0 saturated heterocycles. The Morgan fingerprint density at radius 1 is 1.19 bits per heavy atom. The largest absolute Gasteiger partial charge is 0.393 e. The number of aromatic nitrogens is 2. The van der Waals surface area contributed by atoms with Gasteiger partial charge in [-0.25, -0.2) is 14.4 Å². The highest BCUT2D eigenvalue weighted by atomic mass is 19.1. The van der Waals surface area contributed by atoms with Gasteiger partial charge in [0.1, 0.15) is 23.2 Å². The number of aliphatic hydroxyl groups excluding tert-OH is 1. The minimum Gasteiger partial charge on any atom is -0.393 e. The number of aryl methyl sites for hydroxylation is 2. The molecule has 1 aliphatic heterocycles. The summed E-state index contributed by atoms with van der Waals surface area (Å²) in [5.74, 6) is 1.38. The number of fused-ring (bicyclic) bond motifs is 1. The molecule has 1 saturated carbocycles. The highest BCUT2D eigenvalue weighted by Crippen LogP contribution is 2.47. The minimum atomic E-state index is -0.684. The van der Waals surface area contributed by atoms with Crippen molar-refractivity contribution in [3.63, 3.8) is 0 Å². The van der Waals surface area contributed by atoms with Crippen LogP contribution in [0.4, 0.5) is 15.9 Å². The highest BCUT2D eigenvalue weighted by Gasteiger charge is 2.50. The van der Waals surface area contributed by atoms with E-state index in [1.54, 1.807) is 18.3 Å². The van der Waals surface area contributed by atoms with Crippen LogP contribution in [0.3, 0.4) is 0 Å². The Morgan fingerprint density at radius 2 is 1.97 bits per heavy atom. The first kappa shape index (κ1) is 20.8. The molecule has 0 unspecified atom stereocenters. The third-order valence-electron chi connectivity index (χ3n) is 6.77. The average molecular weight is 432 g/mol. The van der Waals surface area contributed by atoms with Crippen molar-refractivity contribution in [1.82, 2.24) is 9.97 Å². The molecule has 6 heteroatoms. The van der Waals surface area contributed by atoms with Crippen molar-refractivity contribution >= 4 is 17.3 Å². The molecule has 0 spiro atoms. The van der Waals surface area contributed by atoms with E-state index in [1.165, 1.54) is 17.7 Å². The Kier molecular flexibility index (Phi) is 5.25. The molecular weight excluding hydrogens is 405 g/mol. The van der Waals surface area contributed by atoms with E-state index in [4.69, 9.17) is 0 Å². The molecule has 0 atom stereocenters. The van der Waals surface area contributed by atoms with Crippen LogP contribution in [0.2, 0.25) is 0 Å². The molecule has 0 amide bonds. The van der Waals surface area contributed by atoms with Crippen molar-refractivity contribution in [3.05, 3.63) is 83.1 Å². The molecule has 1 aliphatic carbocycles. The predicted molar refractivity (Wildman–Crippen MR) is 121 cm³/mol. The lowest BCUT2D eigenvalue weighted by atomic mass is 9.59. The summed E-state index contributed by atoms with van der Waals surface area (Å²) in [6.45, 7) is 2.77. The molecule has 5 rings (SSSR count). The molecule has 3 aromatic rings. The van der Waals surface area contributed by atoms with Crippen molar-refractivity contribution in [1.29, 1.82) is 0 Å². The van der Waals surface area contributed by atoms with E-state index in [0.717, 1.165) is 47.8 Å². The van der Waals surface area contributed by atoms with Gasteiger partial charge in [0.15, 0.2) is 0 Å². The predicted octanol–water partition coefficient (Wildman–Crippen LogP) is 4.21. The van der Waals surface area contributed by atoms with Gasteiger partial charge in [0, 0.05) is 24.8 Å². The summed E-state index contributed by atoms with van der Waals surface area (Å²) < 4.78 is 13.3. The molecule has 1 aromatic heterocycles. The van der Waals surface area contributed by atoms with E-state index in [9.17, 15) is 14.3 Å². The lowest BCUT2D eigenvalue weighted by molar-refractivity contribution is -0.132. The fraction of sp³-hybridized carbons (Fsp3) is 0.346. The Labute approximate surface area is 187 Å². The maximum Gasteiger partial charge on any atom is 0.147 e. The van der Waals surface area contributed by atoms with Crippen LogP contribution in [0.1, 0.15) is 41.8 Å². The standard InChI is InChI=1S/C26H26FN3O2/c1-17-28-11-10-25(29-17)30-12-2-3-19-14-20(6-9-23(19)30)26(15-22(31)16-26)24(32)13-18-4-7-21(27)8-5-18/h4-11,14,22,31H,2-3,12-13,15-16H2,1H3. The number of rotatable bonds is 5. The van der Waals surface area contributed by atoms with Gasteiger partial charge in [-0.2, -0.15) is 0 Å². The molecule has 2 aliphatic rings. The molecule has 1 N–H and O–H groups in total. The first-order valence-electron chi connectivity index (χ1n) is 11.1. The van der Waals surface area contributed by atoms with Crippen LogP contribution in [0, 0.1) is 12.7 Å². The van der Waals surface area contributed by atoms with Gasteiger partial charge in [0.2, 0.25) is 0 Å². The normalized spacial score (nSPS) is 22.2. The van der Waals surface area contributed by atoms with E-state index in [0.29, 0.717) is 12.8 Å². The lowest BCUT2D eigenvalue weighted by Crippen LogP contribution is -2.51. The summed E-state index contributed by atoms with van der Waals surface area (Å²) in [5.41, 5.74) is 3.38. The number of halogens is 1. The number of carbonyl (C=O) groups is 1. The van der Waals surface area contributed by atoms with Gasteiger partial charge in [-0.3, -0.25) is 4.79 Å². The van der Waals surface area contributed by atoms with Crippen LogP contribution < -0.4 is 4.90 Å². The van der Waals surface area contributed by atoms with Crippen LogP contribution in [-0.2, 0) is 23.1 Å².